The maximum Gasteiger partial charge on any atom is 0.338 e. The highest BCUT2D eigenvalue weighted by atomic mass is 16.5. The fraction of sp³-hybridized carbons (Fsp3) is 0.160. The zero-order valence-corrected chi connectivity index (χ0v) is 17.5. The van der Waals surface area contributed by atoms with Crippen molar-refractivity contribution < 1.29 is 14.1 Å². The highest BCUT2D eigenvalue weighted by molar-refractivity contribution is 6.16. The number of aromatic nitrogens is 3. The van der Waals surface area contributed by atoms with Crippen molar-refractivity contribution in [3.63, 3.8) is 0 Å². The first-order chi connectivity index (χ1) is 15.1. The van der Waals surface area contributed by atoms with Crippen LogP contribution in [0.15, 0.2) is 65.3 Å². The van der Waals surface area contributed by atoms with Gasteiger partial charge in [-0.2, -0.15) is 0 Å². The third kappa shape index (κ3) is 3.08. The highest BCUT2D eigenvalue weighted by Crippen LogP contribution is 2.35. The van der Waals surface area contributed by atoms with Crippen molar-refractivity contribution in [1.82, 2.24) is 14.7 Å². The molecule has 0 spiro atoms. The van der Waals surface area contributed by atoms with Crippen LogP contribution in [-0.2, 0) is 11.3 Å². The van der Waals surface area contributed by atoms with Gasteiger partial charge in [0.25, 0.3) is 0 Å². The van der Waals surface area contributed by atoms with E-state index in [0.29, 0.717) is 12.1 Å². The summed E-state index contributed by atoms with van der Waals surface area (Å²) in [6, 6.07) is 18.0. The molecular weight excluding hydrogens is 390 g/mol. The summed E-state index contributed by atoms with van der Waals surface area (Å²) in [6.07, 6.45) is 1.81. The average Bonchev–Trinajstić information content (AvgIpc) is 3.30. The molecule has 2 aromatic carbocycles. The molecule has 0 radical (unpaired) electrons. The summed E-state index contributed by atoms with van der Waals surface area (Å²) >= 11 is 0. The van der Waals surface area contributed by atoms with Crippen LogP contribution in [0.3, 0.4) is 0 Å². The fourth-order valence-electron chi connectivity index (χ4n) is 4.24. The van der Waals surface area contributed by atoms with Crippen molar-refractivity contribution in [3.05, 3.63) is 83.4 Å². The van der Waals surface area contributed by atoms with E-state index < -0.39 is 0 Å². The first-order valence-electron chi connectivity index (χ1n) is 10.0. The molecule has 3 heterocycles. The number of fused-ring (bicyclic) bond motifs is 3. The van der Waals surface area contributed by atoms with Gasteiger partial charge >= 0.3 is 5.97 Å². The van der Waals surface area contributed by atoms with Gasteiger partial charge in [-0.1, -0.05) is 41.6 Å². The number of pyridine rings is 1. The Morgan fingerprint density at radius 2 is 1.87 bits per heavy atom. The van der Waals surface area contributed by atoms with Gasteiger partial charge in [0.2, 0.25) is 0 Å². The van der Waals surface area contributed by atoms with Crippen LogP contribution in [0.4, 0.5) is 0 Å². The van der Waals surface area contributed by atoms with Crippen LogP contribution in [0.2, 0.25) is 0 Å². The minimum absolute atomic E-state index is 0.374. The number of carbonyl (C=O) groups is 1. The summed E-state index contributed by atoms with van der Waals surface area (Å²) in [5.41, 5.74) is 7.00. The van der Waals surface area contributed by atoms with E-state index in [2.05, 4.69) is 27.9 Å². The number of hydrogen-bond acceptors (Lipinski definition) is 5. The molecule has 0 aliphatic carbocycles. The van der Waals surface area contributed by atoms with Crippen LogP contribution in [0, 0.1) is 13.8 Å². The summed E-state index contributed by atoms with van der Waals surface area (Å²) in [6.45, 7) is 4.47. The first kappa shape index (κ1) is 19.1. The first-order valence-corrected chi connectivity index (χ1v) is 10.0. The molecule has 0 atom stereocenters. The van der Waals surface area contributed by atoms with Gasteiger partial charge in [-0.25, -0.2) is 4.79 Å². The Labute approximate surface area is 179 Å². The molecule has 0 unspecified atom stereocenters. The predicted molar refractivity (Wildman–Crippen MR) is 119 cm³/mol. The van der Waals surface area contributed by atoms with Gasteiger partial charge < -0.3 is 13.8 Å². The Morgan fingerprint density at radius 3 is 2.58 bits per heavy atom. The lowest BCUT2D eigenvalue weighted by atomic mass is 10.0. The molecule has 3 aromatic heterocycles. The van der Waals surface area contributed by atoms with Crippen molar-refractivity contribution in [3.8, 4) is 11.1 Å². The minimum atomic E-state index is -0.374. The molecule has 5 aromatic rings. The zero-order chi connectivity index (χ0) is 21.5. The van der Waals surface area contributed by atoms with Gasteiger partial charge in [-0.3, -0.25) is 4.98 Å². The van der Waals surface area contributed by atoms with E-state index in [1.54, 1.807) is 6.07 Å². The maximum absolute atomic E-state index is 12.5. The normalized spacial score (nSPS) is 11.3. The highest BCUT2D eigenvalue weighted by Gasteiger charge is 2.21. The molecule has 6 heteroatoms. The van der Waals surface area contributed by atoms with Gasteiger partial charge in [0.1, 0.15) is 5.76 Å². The lowest BCUT2D eigenvalue weighted by Crippen LogP contribution is -2.02. The summed E-state index contributed by atoms with van der Waals surface area (Å²) in [5, 5.41) is 4.88. The number of benzene rings is 2. The third-order valence-electron chi connectivity index (χ3n) is 5.64. The largest absolute Gasteiger partial charge is 0.465 e. The maximum atomic E-state index is 12.5. The van der Waals surface area contributed by atoms with E-state index in [9.17, 15) is 4.79 Å². The van der Waals surface area contributed by atoms with Crippen molar-refractivity contribution in [2.24, 2.45) is 0 Å². The number of nitrogens with zero attached hydrogens (tertiary/aromatic N) is 3. The summed E-state index contributed by atoms with van der Waals surface area (Å²) in [7, 11) is 1.40. The van der Waals surface area contributed by atoms with E-state index in [-0.39, 0.29) is 5.97 Å². The van der Waals surface area contributed by atoms with Gasteiger partial charge in [-0.05, 0) is 37.6 Å². The molecule has 0 amide bonds. The van der Waals surface area contributed by atoms with E-state index in [1.807, 2.05) is 50.4 Å². The SMILES string of the molecule is COC(=O)c1cccc2c1c1ncc(-c3c(C)noc3C)cc1n2Cc1ccccc1. The fourth-order valence-corrected chi connectivity index (χ4v) is 4.24. The van der Waals surface area contributed by atoms with Gasteiger partial charge in [-0.15, -0.1) is 0 Å². The number of ether oxygens (including phenoxy) is 1. The average molecular weight is 411 g/mol. The zero-order valence-electron chi connectivity index (χ0n) is 17.5. The second-order valence-electron chi connectivity index (χ2n) is 7.55. The van der Waals surface area contributed by atoms with Crippen LogP contribution in [0.25, 0.3) is 33.1 Å². The Morgan fingerprint density at radius 1 is 1.06 bits per heavy atom. The standard InChI is InChI=1S/C25H21N3O3/c1-15-22(16(2)31-27-15)18-12-21-24(26-13-18)23-19(25(29)30-3)10-7-11-20(23)28(21)14-17-8-5-4-6-9-17/h4-13H,14H2,1-3H3. The molecule has 0 aliphatic rings. The monoisotopic (exact) mass is 411 g/mol. The molecule has 0 N–H and O–H groups in total. The van der Waals surface area contributed by atoms with Crippen molar-refractivity contribution in [1.29, 1.82) is 0 Å². The van der Waals surface area contributed by atoms with Crippen LogP contribution >= 0.6 is 0 Å². The van der Waals surface area contributed by atoms with Gasteiger partial charge in [0, 0.05) is 29.3 Å². The van der Waals surface area contributed by atoms with Crippen LogP contribution < -0.4 is 0 Å². The molecule has 0 bridgehead atoms. The summed E-state index contributed by atoms with van der Waals surface area (Å²) in [4.78, 5) is 17.3. The Balaban J connectivity index is 1.83. The van der Waals surface area contributed by atoms with E-state index in [1.165, 1.54) is 7.11 Å². The Kier molecular flexibility index (Phi) is 4.55. The van der Waals surface area contributed by atoms with Crippen LogP contribution in [0.5, 0.6) is 0 Å². The van der Waals surface area contributed by atoms with Crippen LogP contribution in [-0.4, -0.2) is 27.8 Å². The molecule has 31 heavy (non-hydrogen) atoms. The second kappa shape index (κ2) is 7.40. The molecule has 5 rings (SSSR count). The lowest BCUT2D eigenvalue weighted by Gasteiger charge is -2.09. The number of hydrogen-bond donors (Lipinski definition) is 0. The molecular formula is C25H21N3O3. The second-order valence-corrected chi connectivity index (χ2v) is 7.55. The van der Waals surface area contributed by atoms with Crippen molar-refractivity contribution >= 4 is 27.9 Å². The van der Waals surface area contributed by atoms with E-state index in [4.69, 9.17) is 14.2 Å². The number of carbonyl (C=O) groups excluding carboxylic acids is 1. The molecule has 6 nitrogen and oxygen atoms in total. The van der Waals surface area contributed by atoms with Crippen LogP contribution in [0.1, 0.15) is 27.4 Å². The minimum Gasteiger partial charge on any atom is -0.465 e. The topological polar surface area (TPSA) is 70.2 Å². The van der Waals surface area contributed by atoms with E-state index >= 15 is 0 Å². The molecule has 0 saturated heterocycles. The quantitative estimate of drug-likeness (QED) is 0.376. The van der Waals surface area contributed by atoms with Crippen molar-refractivity contribution in [2.75, 3.05) is 7.11 Å². The number of rotatable bonds is 4. The molecule has 0 aliphatic heterocycles. The Hall–Kier alpha value is -3.93. The predicted octanol–water partition coefficient (Wildman–Crippen LogP) is 5.30. The number of methoxy groups -OCH3 is 1. The van der Waals surface area contributed by atoms with Gasteiger partial charge in [0.05, 0.1) is 34.9 Å². The third-order valence-corrected chi connectivity index (χ3v) is 5.64. The number of aryl methyl sites for hydroxylation is 2. The molecule has 0 fully saturated rings. The number of esters is 1. The Bertz CT molecular complexity index is 1410. The molecule has 154 valence electrons. The lowest BCUT2D eigenvalue weighted by molar-refractivity contribution is 0.0603. The smallest absolute Gasteiger partial charge is 0.338 e. The molecule has 0 saturated carbocycles. The van der Waals surface area contributed by atoms with Crippen molar-refractivity contribution in [2.45, 2.75) is 20.4 Å². The summed E-state index contributed by atoms with van der Waals surface area (Å²) in [5.74, 6) is 0.376. The van der Waals surface area contributed by atoms with E-state index in [0.717, 1.165) is 50.1 Å². The van der Waals surface area contributed by atoms with Gasteiger partial charge in [0.15, 0.2) is 0 Å². The summed E-state index contributed by atoms with van der Waals surface area (Å²) < 4.78 is 12.6.